The molecule has 6 rings (SSSR count). The van der Waals surface area contributed by atoms with Gasteiger partial charge >= 0.3 is 4.87 Å². The van der Waals surface area contributed by atoms with Crippen molar-refractivity contribution in [1.82, 2.24) is 4.98 Å². The van der Waals surface area contributed by atoms with Gasteiger partial charge < -0.3 is 24.9 Å². The molecule has 4 aromatic rings. The number of anilines is 2. The highest BCUT2D eigenvalue weighted by Crippen LogP contribution is 2.53. The molecule has 1 fully saturated rings. The zero-order valence-electron chi connectivity index (χ0n) is 23.4. The van der Waals surface area contributed by atoms with E-state index in [2.05, 4.69) is 10.3 Å². The molecule has 0 saturated carbocycles. The van der Waals surface area contributed by atoms with Crippen LogP contribution in [0.1, 0.15) is 23.3 Å². The Kier molecular flexibility index (Phi) is 8.03. The number of nitro benzene ring substituents is 1. The maximum absolute atomic E-state index is 14.0. The number of phenolic OH excluding ortho intramolecular Hbond substituents is 1. The number of carbonyl (C=O) groups excluding carboxylic acids is 3. The van der Waals surface area contributed by atoms with E-state index in [1.807, 2.05) is 0 Å². The molecule has 1 aromatic heterocycles. The van der Waals surface area contributed by atoms with Gasteiger partial charge in [-0.25, -0.2) is 4.90 Å². The first-order valence-electron chi connectivity index (χ1n) is 13.6. The number of rotatable bonds is 9. The van der Waals surface area contributed by atoms with Gasteiger partial charge in [0.15, 0.2) is 18.1 Å². The zero-order chi connectivity index (χ0) is 31.8. The van der Waals surface area contributed by atoms with Gasteiger partial charge in [0.1, 0.15) is 11.0 Å². The second kappa shape index (κ2) is 12.1. The third-order valence-electron chi connectivity index (χ3n) is 7.28. The van der Waals surface area contributed by atoms with E-state index in [9.17, 15) is 34.4 Å². The number of fused-ring (bicyclic) bond motifs is 2. The summed E-state index contributed by atoms with van der Waals surface area (Å²) in [6.07, 6.45) is 0. The van der Waals surface area contributed by atoms with Crippen LogP contribution in [-0.2, 0) is 14.4 Å². The molecule has 3 heterocycles. The standard InChI is InChI=1S/C30H24N4O9S2/c1-2-42-21-13-15(3-12-20(21)43-14-22(36)31-16-4-10-19(35)11-5-16)23-24-26(44-27-25(23)45-30(39)32-27)29(38)33(28(24)37)17-6-8-18(9-7-17)34(40)41/h3-13,23-24,26,35H,2,14H2,1H3,(H,31,36)(H,32,39). The molecule has 0 radical (unpaired) electrons. The molecule has 230 valence electrons. The van der Waals surface area contributed by atoms with Crippen molar-refractivity contribution in [1.29, 1.82) is 0 Å². The van der Waals surface area contributed by atoms with Crippen LogP contribution in [0.4, 0.5) is 17.1 Å². The molecule has 45 heavy (non-hydrogen) atoms. The highest BCUT2D eigenvalue weighted by atomic mass is 32.2. The minimum absolute atomic E-state index is 0.0651. The summed E-state index contributed by atoms with van der Waals surface area (Å²) >= 11 is 2.07. The SMILES string of the molecule is CCOc1cc(C2c3sc(=O)[nH]c3SC3C(=O)N(c4ccc([N+](=O)[O-])cc4)C(=O)C32)ccc1OCC(=O)Nc1ccc(O)cc1. The van der Waals surface area contributed by atoms with Gasteiger partial charge in [0, 0.05) is 28.6 Å². The van der Waals surface area contributed by atoms with Crippen LogP contribution in [0, 0.1) is 16.0 Å². The fraction of sp³-hybridized carbons (Fsp3) is 0.200. The maximum atomic E-state index is 14.0. The highest BCUT2D eigenvalue weighted by Gasteiger charge is 2.56. The van der Waals surface area contributed by atoms with E-state index in [1.165, 1.54) is 36.4 Å². The van der Waals surface area contributed by atoms with Crippen LogP contribution in [-0.4, -0.2) is 51.2 Å². The normalized spacial score (nSPS) is 18.7. The summed E-state index contributed by atoms with van der Waals surface area (Å²) in [6.45, 7) is 1.70. The number of phenols is 1. The molecule has 15 heteroatoms. The van der Waals surface area contributed by atoms with Gasteiger partial charge in [-0.15, -0.1) is 0 Å². The number of thiazole rings is 1. The molecular formula is C30H24N4O9S2. The molecule has 1 saturated heterocycles. The van der Waals surface area contributed by atoms with Crippen molar-refractivity contribution in [3.8, 4) is 17.2 Å². The fourth-order valence-electron chi connectivity index (χ4n) is 5.34. The lowest BCUT2D eigenvalue weighted by molar-refractivity contribution is -0.384. The fourth-order valence-corrected chi connectivity index (χ4v) is 7.86. The van der Waals surface area contributed by atoms with Crippen LogP contribution in [0.15, 0.2) is 76.6 Å². The summed E-state index contributed by atoms with van der Waals surface area (Å²) in [7, 11) is 0. The number of benzene rings is 3. The minimum Gasteiger partial charge on any atom is -0.508 e. The van der Waals surface area contributed by atoms with Crippen LogP contribution in [0.2, 0.25) is 0 Å². The first-order chi connectivity index (χ1) is 21.6. The van der Waals surface area contributed by atoms with Crippen molar-refractivity contribution in [2.45, 2.75) is 23.1 Å². The Labute approximate surface area is 262 Å². The van der Waals surface area contributed by atoms with Crippen LogP contribution < -0.4 is 24.6 Å². The lowest BCUT2D eigenvalue weighted by Crippen LogP contribution is -2.32. The van der Waals surface area contributed by atoms with Crippen molar-refractivity contribution in [2.75, 3.05) is 23.4 Å². The number of carbonyl (C=O) groups is 3. The molecule has 3 aromatic carbocycles. The number of non-ortho nitro benzene ring substituents is 1. The molecule has 2 aliphatic rings. The minimum atomic E-state index is -0.881. The van der Waals surface area contributed by atoms with E-state index in [4.69, 9.17) is 9.47 Å². The molecule has 0 aliphatic carbocycles. The number of hydrogen-bond donors (Lipinski definition) is 3. The Morgan fingerprint density at radius 1 is 1.02 bits per heavy atom. The van der Waals surface area contributed by atoms with E-state index >= 15 is 0 Å². The third kappa shape index (κ3) is 5.74. The first-order valence-corrected chi connectivity index (χ1v) is 15.3. The number of H-pyrrole nitrogens is 1. The number of imide groups is 1. The predicted molar refractivity (Wildman–Crippen MR) is 165 cm³/mol. The quantitative estimate of drug-likeness (QED) is 0.103. The highest BCUT2D eigenvalue weighted by molar-refractivity contribution is 8.00. The van der Waals surface area contributed by atoms with E-state index in [0.717, 1.165) is 28.0 Å². The summed E-state index contributed by atoms with van der Waals surface area (Å²) in [5.41, 5.74) is 1.11. The average Bonchev–Trinajstić information content (AvgIpc) is 3.51. The number of nitro groups is 1. The van der Waals surface area contributed by atoms with Crippen molar-refractivity contribution in [3.05, 3.63) is 97.0 Å². The van der Waals surface area contributed by atoms with Gasteiger partial charge in [-0.2, -0.15) is 0 Å². The summed E-state index contributed by atoms with van der Waals surface area (Å²) in [5, 5.41) is 22.9. The van der Waals surface area contributed by atoms with Gasteiger partial charge in [-0.1, -0.05) is 29.2 Å². The lowest BCUT2D eigenvalue weighted by Gasteiger charge is -2.30. The molecule has 3 amide bonds. The number of hydrogen-bond acceptors (Lipinski definition) is 11. The van der Waals surface area contributed by atoms with E-state index in [-0.39, 0.29) is 41.0 Å². The second-order valence-electron chi connectivity index (χ2n) is 10.1. The summed E-state index contributed by atoms with van der Waals surface area (Å²) in [4.78, 5) is 67.2. The van der Waals surface area contributed by atoms with E-state index in [1.54, 1.807) is 37.3 Å². The molecule has 0 spiro atoms. The molecule has 3 N–H and O–H groups in total. The number of thioether (sulfide) groups is 1. The van der Waals surface area contributed by atoms with Crippen molar-refractivity contribution < 1.29 is 33.9 Å². The lowest BCUT2D eigenvalue weighted by atomic mass is 9.83. The molecule has 3 atom stereocenters. The smallest absolute Gasteiger partial charge is 0.305 e. The molecule has 2 aliphatic heterocycles. The van der Waals surface area contributed by atoms with Crippen LogP contribution in [0.3, 0.4) is 0 Å². The summed E-state index contributed by atoms with van der Waals surface area (Å²) in [6, 6.07) is 16.1. The number of nitrogens with one attached hydrogen (secondary N) is 2. The second-order valence-corrected chi connectivity index (χ2v) is 12.2. The Balaban J connectivity index is 1.30. The van der Waals surface area contributed by atoms with Crippen LogP contribution >= 0.6 is 23.1 Å². The van der Waals surface area contributed by atoms with Gasteiger partial charge in [-0.3, -0.25) is 29.3 Å². The van der Waals surface area contributed by atoms with Gasteiger partial charge in [0.2, 0.25) is 11.8 Å². The van der Waals surface area contributed by atoms with Crippen molar-refractivity contribution in [2.24, 2.45) is 5.92 Å². The van der Waals surface area contributed by atoms with Crippen LogP contribution in [0.5, 0.6) is 17.2 Å². The Morgan fingerprint density at radius 2 is 1.76 bits per heavy atom. The number of aromatic hydroxyl groups is 1. The zero-order valence-corrected chi connectivity index (χ0v) is 25.1. The molecule has 3 unspecified atom stereocenters. The van der Waals surface area contributed by atoms with Gasteiger partial charge in [-0.05, 0) is 61.0 Å². The molecule has 13 nitrogen and oxygen atoms in total. The van der Waals surface area contributed by atoms with Crippen LogP contribution in [0.25, 0.3) is 0 Å². The van der Waals surface area contributed by atoms with E-state index in [0.29, 0.717) is 26.9 Å². The molecule has 0 bridgehead atoms. The largest absolute Gasteiger partial charge is 0.508 e. The maximum Gasteiger partial charge on any atom is 0.305 e. The number of aromatic amines is 1. The summed E-state index contributed by atoms with van der Waals surface area (Å²) < 4.78 is 11.6. The van der Waals surface area contributed by atoms with Crippen molar-refractivity contribution >= 4 is 57.9 Å². The number of amides is 3. The first kappa shape index (κ1) is 29.9. The average molecular weight is 649 g/mol. The number of aromatic nitrogens is 1. The Morgan fingerprint density at radius 3 is 2.44 bits per heavy atom. The molecular weight excluding hydrogens is 624 g/mol. The topological polar surface area (TPSA) is 181 Å². The van der Waals surface area contributed by atoms with Gasteiger partial charge in [0.25, 0.3) is 11.6 Å². The van der Waals surface area contributed by atoms with Crippen molar-refractivity contribution in [3.63, 3.8) is 0 Å². The Hall–Kier alpha value is -5.15. The summed E-state index contributed by atoms with van der Waals surface area (Å²) in [5.74, 6) is -2.36. The van der Waals surface area contributed by atoms with E-state index < -0.39 is 39.7 Å². The predicted octanol–water partition coefficient (Wildman–Crippen LogP) is 4.26. The Bertz CT molecular complexity index is 1870. The van der Waals surface area contributed by atoms with Gasteiger partial charge in [0.05, 0.1) is 28.2 Å². The third-order valence-corrected chi connectivity index (χ3v) is 9.68. The number of nitrogens with zero attached hydrogens (tertiary/aromatic N) is 2. The monoisotopic (exact) mass is 648 g/mol. The number of ether oxygens (including phenoxy) is 2.